The Morgan fingerprint density at radius 1 is 0.525 bits per heavy atom. The molecule has 0 aromatic heterocycles. The molecule has 0 aliphatic heterocycles. The highest BCUT2D eigenvalue weighted by Gasteiger charge is 2.26. The molecule has 0 aromatic rings. The van der Waals surface area contributed by atoms with Gasteiger partial charge in [0.05, 0.1) is 26.4 Å². The number of ether oxygens (including phenoxy) is 4. The Hall–Kier alpha value is -1.56. The smallest absolute Gasteiger partial charge is 0.462 e. The van der Waals surface area contributed by atoms with Crippen LogP contribution in [0.4, 0.5) is 0 Å². The summed E-state index contributed by atoms with van der Waals surface area (Å²) in [6.45, 7) is 3.82. The van der Waals surface area contributed by atoms with Gasteiger partial charge in [0.15, 0.2) is 6.10 Å². The normalized spacial score (nSPS) is 12.9. The summed E-state index contributed by atoms with van der Waals surface area (Å²) in [4.78, 5) is 47.3. The van der Waals surface area contributed by atoms with Crippen LogP contribution >= 0.6 is 7.82 Å². The number of methoxy groups -OCH3 is 1. The van der Waals surface area contributed by atoms with E-state index in [2.05, 4.69) is 19.2 Å². The zero-order valence-electron chi connectivity index (χ0n) is 38.1. The Kier molecular flexibility index (Phi) is 43.3. The van der Waals surface area contributed by atoms with E-state index < -0.39 is 38.4 Å². The third kappa shape index (κ3) is 44.3. The molecule has 0 heterocycles. The first-order valence-corrected chi connectivity index (χ1v) is 25.5. The van der Waals surface area contributed by atoms with Gasteiger partial charge in [-0.1, -0.05) is 194 Å². The third-order valence-corrected chi connectivity index (χ3v) is 11.4. The van der Waals surface area contributed by atoms with Gasteiger partial charge in [-0.05, 0) is 12.8 Å². The molecular weight excluding hydrogens is 773 g/mol. The minimum absolute atomic E-state index is 0.0467. The molecule has 0 radical (unpaired) electrons. The number of phosphoric acid groups is 1. The topological polar surface area (TPSA) is 156 Å². The summed E-state index contributed by atoms with van der Waals surface area (Å²) in [5.74, 6) is -1.30. The van der Waals surface area contributed by atoms with Gasteiger partial charge in [0.1, 0.15) is 13.2 Å². The maximum Gasteiger partial charge on any atom is 0.472 e. The van der Waals surface area contributed by atoms with Crippen molar-refractivity contribution in [3.8, 4) is 0 Å². The maximum atomic E-state index is 12.7. The second kappa shape index (κ2) is 44.5. The number of esters is 2. The zero-order valence-corrected chi connectivity index (χ0v) is 39.0. The van der Waals surface area contributed by atoms with E-state index in [0.29, 0.717) is 19.4 Å². The molecule has 350 valence electrons. The molecule has 2 N–H and O–H groups in total. The second-order valence-corrected chi connectivity index (χ2v) is 17.6. The van der Waals surface area contributed by atoms with Crippen molar-refractivity contribution in [1.82, 2.24) is 5.32 Å². The van der Waals surface area contributed by atoms with Crippen LogP contribution in [0.5, 0.6) is 0 Å². The van der Waals surface area contributed by atoms with Crippen LogP contribution in [0.1, 0.15) is 219 Å². The largest absolute Gasteiger partial charge is 0.472 e. The lowest BCUT2D eigenvalue weighted by molar-refractivity contribution is -0.161. The number of carbonyl (C=O) groups is 3. The van der Waals surface area contributed by atoms with Crippen LogP contribution in [0.2, 0.25) is 0 Å². The molecule has 59 heavy (non-hydrogen) atoms. The summed E-state index contributed by atoms with van der Waals surface area (Å²) in [5.41, 5.74) is 0. The van der Waals surface area contributed by atoms with Crippen molar-refractivity contribution in [1.29, 1.82) is 0 Å². The number of rotatable bonds is 47. The molecule has 12 nitrogen and oxygen atoms in total. The van der Waals surface area contributed by atoms with Gasteiger partial charge in [0, 0.05) is 26.5 Å². The zero-order chi connectivity index (χ0) is 43.3. The van der Waals surface area contributed by atoms with Gasteiger partial charge >= 0.3 is 19.8 Å². The van der Waals surface area contributed by atoms with E-state index in [0.717, 1.165) is 32.1 Å². The van der Waals surface area contributed by atoms with Crippen LogP contribution in [0.15, 0.2) is 0 Å². The average Bonchev–Trinajstić information content (AvgIpc) is 3.22. The molecule has 0 saturated carbocycles. The van der Waals surface area contributed by atoms with Crippen molar-refractivity contribution >= 4 is 25.7 Å². The van der Waals surface area contributed by atoms with Crippen LogP contribution in [-0.2, 0) is 46.9 Å². The third-order valence-electron chi connectivity index (χ3n) is 10.5. The Balaban J connectivity index is 4.45. The monoisotopic (exact) mass is 864 g/mol. The molecule has 13 heteroatoms. The van der Waals surface area contributed by atoms with E-state index in [1.54, 1.807) is 0 Å². The lowest BCUT2D eigenvalue weighted by Crippen LogP contribution is -2.31. The number of amides is 1. The van der Waals surface area contributed by atoms with E-state index in [-0.39, 0.29) is 45.8 Å². The molecule has 0 saturated heterocycles. The lowest BCUT2D eigenvalue weighted by Gasteiger charge is -2.20. The molecule has 0 aliphatic carbocycles. The first-order chi connectivity index (χ1) is 28.7. The Morgan fingerprint density at radius 2 is 0.932 bits per heavy atom. The van der Waals surface area contributed by atoms with Crippen LogP contribution in [-0.4, -0.2) is 82.1 Å². The minimum Gasteiger partial charge on any atom is -0.462 e. The molecule has 0 rings (SSSR count). The summed E-state index contributed by atoms with van der Waals surface area (Å²) in [6, 6.07) is 0. The molecule has 1 amide bonds. The van der Waals surface area contributed by atoms with Crippen molar-refractivity contribution in [2.24, 2.45) is 0 Å². The number of hydrogen-bond acceptors (Lipinski definition) is 10. The molecule has 1 unspecified atom stereocenters. The fourth-order valence-corrected chi connectivity index (χ4v) is 7.58. The van der Waals surface area contributed by atoms with Gasteiger partial charge in [-0.25, -0.2) is 4.57 Å². The molecular formula is C46H90NO11P. The van der Waals surface area contributed by atoms with E-state index in [4.69, 9.17) is 28.0 Å². The van der Waals surface area contributed by atoms with E-state index in [1.807, 2.05) is 0 Å². The standard InChI is InChI=1S/C46H90NO11P/c1-4-6-8-10-12-14-16-18-20-22-24-26-28-30-32-34-45(49)55-40-43(41-57-59(51,52)56-37-36-47-44(48)42-54-39-38-53-3)58-46(50)35-33-31-29-27-25-23-21-19-17-15-13-11-9-7-5-2/h43H,4-42H2,1-3H3,(H,47,48)(H,51,52)/t43-/m1/s1. The molecule has 0 aromatic carbocycles. The van der Waals surface area contributed by atoms with Crippen LogP contribution in [0.3, 0.4) is 0 Å². The second-order valence-electron chi connectivity index (χ2n) is 16.2. The van der Waals surface area contributed by atoms with Gasteiger partial charge in [-0.15, -0.1) is 0 Å². The predicted octanol–water partition coefficient (Wildman–Crippen LogP) is 11.9. The highest BCUT2D eigenvalue weighted by Crippen LogP contribution is 2.43. The van der Waals surface area contributed by atoms with E-state index >= 15 is 0 Å². The Morgan fingerprint density at radius 3 is 1.36 bits per heavy atom. The van der Waals surface area contributed by atoms with Gasteiger partial charge in [0.2, 0.25) is 5.91 Å². The summed E-state index contributed by atoms with van der Waals surface area (Å²) in [5, 5.41) is 2.51. The highest BCUT2D eigenvalue weighted by atomic mass is 31.2. The molecule has 2 atom stereocenters. The molecule has 0 bridgehead atoms. The van der Waals surface area contributed by atoms with Crippen LogP contribution < -0.4 is 5.32 Å². The predicted molar refractivity (Wildman–Crippen MR) is 237 cm³/mol. The highest BCUT2D eigenvalue weighted by molar-refractivity contribution is 7.47. The first kappa shape index (κ1) is 57.4. The van der Waals surface area contributed by atoms with Crippen molar-refractivity contribution < 1.29 is 51.8 Å². The van der Waals surface area contributed by atoms with Gasteiger partial charge in [0.25, 0.3) is 0 Å². The number of unbranched alkanes of at least 4 members (excludes halogenated alkanes) is 28. The van der Waals surface area contributed by atoms with E-state index in [9.17, 15) is 23.8 Å². The summed E-state index contributed by atoms with van der Waals surface area (Å²) in [6.07, 6.45) is 36.3. The maximum absolute atomic E-state index is 12.7. The average molecular weight is 864 g/mol. The van der Waals surface area contributed by atoms with Crippen LogP contribution in [0, 0.1) is 0 Å². The van der Waals surface area contributed by atoms with Gasteiger partial charge < -0.3 is 29.2 Å². The van der Waals surface area contributed by atoms with Crippen molar-refractivity contribution in [3.63, 3.8) is 0 Å². The first-order valence-electron chi connectivity index (χ1n) is 24.0. The molecule has 0 fully saturated rings. The van der Waals surface area contributed by atoms with Crippen LogP contribution in [0.25, 0.3) is 0 Å². The van der Waals surface area contributed by atoms with Crippen molar-refractivity contribution in [2.75, 3.05) is 53.3 Å². The summed E-state index contributed by atoms with van der Waals surface area (Å²) >= 11 is 0. The molecule has 0 aliphatic rings. The summed E-state index contributed by atoms with van der Waals surface area (Å²) < 4.78 is 43.6. The number of carbonyl (C=O) groups excluding carboxylic acids is 3. The van der Waals surface area contributed by atoms with Gasteiger partial charge in [-0.3, -0.25) is 23.4 Å². The minimum atomic E-state index is -4.56. The summed E-state index contributed by atoms with van der Waals surface area (Å²) in [7, 11) is -3.03. The van der Waals surface area contributed by atoms with Crippen molar-refractivity contribution in [2.45, 2.75) is 225 Å². The number of nitrogens with one attached hydrogen (secondary N) is 1. The van der Waals surface area contributed by atoms with Gasteiger partial charge in [-0.2, -0.15) is 0 Å². The Bertz CT molecular complexity index is 1000. The lowest BCUT2D eigenvalue weighted by atomic mass is 10.0. The SMILES string of the molecule is CCCCCCCCCCCCCCCCCC(=O)OC[C@H](COP(=O)(O)OCCNC(=O)COCCOC)OC(=O)CCCCCCCCCCCCCCCCC. The van der Waals surface area contributed by atoms with E-state index in [1.165, 1.54) is 155 Å². The Labute approximate surface area is 360 Å². The van der Waals surface area contributed by atoms with Crippen molar-refractivity contribution in [3.05, 3.63) is 0 Å². The number of phosphoric ester groups is 1. The fraction of sp³-hybridized carbons (Fsp3) is 0.935. The number of hydrogen-bond donors (Lipinski definition) is 2. The quantitative estimate of drug-likeness (QED) is 0.0341. The fourth-order valence-electron chi connectivity index (χ4n) is 6.82. The molecule has 0 spiro atoms.